The van der Waals surface area contributed by atoms with Crippen LogP contribution in [0.15, 0.2) is 24.3 Å². The lowest BCUT2D eigenvalue weighted by atomic mass is 10.1. The van der Waals surface area contributed by atoms with Crippen LogP contribution in [0.1, 0.15) is 182 Å². The number of fused-ring (bicyclic) bond motifs is 1. The topological polar surface area (TPSA) is 16.3 Å². The molecule has 0 radical (unpaired) electrons. The fraction of sp³-hybridized carbons (Fsp3) is 0.829. The van der Waals surface area contributed by atoms with Crippen molar-refractivity contribution in [2.75, 3.05) is 26.2 Å². The van der Waals surface area contributed by atoms with Gasteiger partial charge in [-0.3, -0.25) is 9.80 Å². The van der Waals surface area contributed by atoms with Gasteiger partial charge in [-0.05, 0) is 76.2 Å². The second-order valence-electron chi connectivity index (χ2n) is 14.2. The van der Waals surface area contributed by atoms with Gasteiger partial charge in [0, 0.05) is 0 Å². The van der Waals surface area contributed by atoms with E-state index in [2.05, 4.69) is 70.9 Å². The Bertz CT molecular complexity index is 917. The minimum absolute atomic E-state index is 0.922. The fourth-order valence-electron chi connectivity index (χ4n) is 6.92. The molecule has 0 N–H and O–H groups in total. The molecule has 1 heterocycles. The molecule has 2 rings (SSSR count). The summed E-state index contributed by atoms with van der Waals surface area (Å²) in [6, 6.07) is 9.02. The Morgan fingerprint density at radius 1 is 0.413 bits per heavy atom. The molecule has 0 bridgehead atoms. The van der Waals surface area contributed by atoms with Gasteiger partial charge in [-0.15, -0.1) is 0 Å². The summed E-state index contributed by atoms with van der Waals surface area (Å²) < 4.78 is 5.94. The van der Waals surface area contributed by atoms with Crippen LogP contribution in [0, 0.1) is 4.77 Å². The summed E-state index contributed by atoms with van der Waals surface area (Å²) in [6.07, 6.45) is 32.5. The van der Waals surface area contributed by atoms with Crippen molar-refractivity contribution >= 4 is 23.3 Å². The third kappa shape index (κ3) is 17.3. The van der Waals surface area contributed by atoms with Crippen LogP contribution in [0.2, 0.25) is 0 Å². The number of rotatable bonds is 32. The molecule has 46 heavy (non-hydrogen) atoms. The molecule has 0 aliphatic heterocycles. The van der Waals surface area contributed by atoms with Gasteiger partial charge >= 0.3 is 0 Å². The zero-order chi connectivity index (χ0) is 33.1. The summed E-state index contributed by atoms with van der Waals surface area (Å²) in [5, 5.41) is 0. The van der Waals surface area contributed by atoms with Crippen molar-refractivity contribution in [1.82, 2.24) is 18.9 Å². The van der Waals surface area contributed by atoms with E-state index in [9.17, 15) is 0 Å². The molecule has 0 aliphatic rings. The average molecular weight is 657 g/mol. The third-order valence-electron chi connectivity index (χ3n) is 9.92. The Hall–Kier alpha value is -1.17. The zero-order valence-electron chi connectivity index (χ0n) is 31.2. The van der Waals surface area contributed by atoms with Gasteiger partial charge in [-0.1, -0.05) is 168 Å². The Morgan fingerprint density at radius 2 is 0.674 bits per heavy atom. The van der Waals surface area contributed by atoms with Gasteiger partial charge in [-0.25, -0.2) is 0 Å². The van der Waals surface area contributed by atoms with Crippen molar-refractivity contribution in [1.29, 1.82) is 0 Å². The van der Waals surface area contributed by atoms with Crippen LogP contribution < -0.4 is 0 Å². The van der Waals surface area contributed by atoms with Crippen molar-refractivity contribution in [2.45, 2.75) is 195 Å². The summed E-state index contributed by atoms with van der Waals surface area (Å²) in [6.45, 7) is 15.8. The first-order chi connectivity index (χ1) is 22.7. The van der Waals surface area contributed by atoms with E-state index in [-0.39, 0.29) is 0 Å². The van der Waals surface area contributed by atoms with E-state index < -0.39 is 0 Å². The Morgan fingerprint density at radius 3 is 0.957 bits per heavy atom. The van der Waals surface area contributed by atoms with Crippen molar-refractivity contribution < 1.29 is 0 Å². The number of imidazole rings is 1. The maximum Gasteiger partial charge on any atom is 0.183 e. The van der Waals surface area contributed by atoms with Crippen molar-refractivity contribution in [2.24, 2.45) is 0 Å². The number of benzene rings is 1. The highest BCUT2D eigenvalue weighted by Gasteiger charge is 2.16. The summed E-state index contributed by atoms with van der Waals surface area (Å²) in [4.78, 5) is 5.44. The summed E-state index contributed by atoms with van der Waals surface area (Å²) in [5.41, 5.74) is 2.62. The maximum atomic E-state index is 6.34. The lowest BCUT2D eigenvalue weighted by molar-refractivity contribution is 0.198. The predicted octanol–water partition coefficient (Wildman–Crippen LogP) is 13.1. The molecule has 4 nitrogen and oxygen atoms in total. The molecule has 1 aromatic heterocycles. The minimum Gasteiger partial charge on any atom is -0.303 e. The predicted molar refractivity (Wildman–Crippen MR) is 207 cm³/mol. The molecule has 0 fully saturated rings. The highest BCUT2D eigenvalue weighted by atomic mass is 32.1. The van der Waals surface area contributed by atoms with Gasteiger partial charge < -0.3 is 9.13 Å². The summed E-state index contributed by atoms with van der Waals surface area (Å²) in [7, 11) is 0. The van der Waals surface area contributed by atoms with Gasteiger partial charge in [0.2, 0.25) is 0 Å². The molecule has 266 valence electrons. The van der Waals surface area contributed by atoms with E-state index in [1.807, 2.05) is 0 Å². The van der Waals surface area contributed by atoms with Crippen molar-refractivity contribution in [3.05, 3.63) is 29.0 Å². The largest absolute Gasteiger partial charge is 0.303 e. The van der Waals surface area contributed by atoms with Gasteiger partial charge in [0.25, 0.3) is 0 Å². The number of para-hydroxylation sites is 2. The molecule has 2 aromatic rings. The quantitative estimate of drug-likeness (QED) is 0.0576. The molecule has 0 spiro atoms. The van der Waals surface area contributed by atoms with E-state index in [1.54, 1.807) is 0 Å². The van der Waals surface area contributed by atoms with Crippen LogP contribution in [0.5, 0.6) is 0 Å². The molecule has 0 saturated carbocycles. The summed E-state index contributed by atoms with van der Waals surface area (Å²) in [5.74, 6) is 0. The SMILES string of the molecule is CCCCCCCCN(CCCCCCCC)Cn1c(=S)n(CN(CCCCCCCC)CCCCCCCC)c2ccccc21. The first-order valence-corrected chi connectivity index (χ1v) is 20.7. The maximum absolute atomic E-state index is 6.34. The number of hydrogen-bond donors (Lipinski definition) is 0. The van der Waals surface area contributed by atoms with Gasteiger partial charge in [0.15, 0.2) is 4.77 Å². The Kier molecular flexibility index (Phi) is 24.7. The molecule has 5 heteroatoms. The number of nitrogens with zero attached hydrogens (tertiary/aromatic N) is 4. The van der Waals surface area contributed by atoms with Crippen LogP contribution in [0.3, 0.4) is 0 Å². The zero-order valence-corrected chi connectivity index (χ0v) is 32.0. The fourth-order valence-corrected chi connectivity index (χ4v) is 7.23. The van der Waals surface area contributed by atoms with Crippen LogP contribution in [0.4, 0.5) is 0 Å². The first kappa shape index (κ1) is 41.0. The van der Waals surface area contributed by atoms with Crippen LogP contribution in [-0.4, -0.2) is 45.1 Å². The first-order valence-electron chi connectivity index (χ1n) is 20.3. The standard InChI is InChI=1S/C41H76N4S/c1-5-9-13-17-21-27-33-42(34-28-22-18-14-10-6-2)37-44-39-31-25-26-32-40(39)45(41(44)46)38-43(35-29-23-19-15-11-7-3)36-30-24-20-16-12-8-4/h25-26,31-32H,5-24,27-30,33-38H2,1-4H3. The molecule has 0 saturated heterocycles. The van der Waals surface area contributed by atoms with Crippen LogP contribution in [0.25, 0.3) is 11.0 Å². The lowest BCUT2D eigenvalue weighted by Crippen LogP contribution is -2.30. The smallest absolute Gasteiger partial charge is 0.183 e. The monoisotopic (exact) mass is 657 g/mol. The average Bonchev–Trinajstić information content (AvgIpc) is 3.32. The van der Waals surface area contributed by atoms with E-state index in [0.717, 1.165) is 18.1 Å². The molecular formula is C41H76N4S. The molecule has 0 aliphatic carbocycles. The van der Waals surface area contributed by atoms with Gasteiger partial charge in [0.1, 0.15) is 0 Å². The second kappa shape index (κ2) is 27.7. The van der Waals surface area contributed by atoms with Crippen molar-refractivity contribution in [3.8, 4) is 0 Å². The highest BCUT2D eigenvalue weighted by Crippen LogP contribution is 2.21. The van der Waals surface area contributed by atoms with E-state index >= 15 is 0 Å². The lowest BCUT2D eigenvalue weighted by Gasteiger charge is -2.24. The third-order valence-corrected chi connectivity index (χ3v) is 10.4. The molecular weight excluding hydrogens is 581 g/mol. The summed E-state index contributed by atoms with van der Waals surface area (Å²) >= 11 is 6.34. The van der Waals surface area contributed by atoms with Gasteiger partial charge in [0.05, 0.1) is 24.4 Å². The minimum atomic E-state index is 0.922. The number of unbranched alkanes of at least 4 members (excludes halogenated alkanes) is 20. The molecule has 0 unspecified atom stereocenters. The van der Waals surface area contributed by atoms with E-state index in [0.29, 0.717) is 0 Å². The molecule has 0 amide bonds. The Balaban J connectivity index is 2.15. The van der Waals surface area contributed by atoms with Crippen molar-refractivity contribution in [3.63, 3.8) is 0 Å². The van der Waals surface area contributed by atoms with Crippen LogP contribution >= 0.6 is 12.2 Å². The molecule has 0 atom stereocenters. The highest BCUT2D eigenvalue weighted by molar-refractivity contribution is 7.71. The van der Waals surface area contributed by atoms with Crippen LogP contribution in [-0.2, 0) is 13.3 Å². The number of hydrogen-bond acceptors (Lipinski definition) is 3. The molecule has 1 aromatic carbocycles. The normalized spacial score (nSPS) is 12.0. The van der Waals surface area contributed by atoms with E-state index in [4.69, 9.17) is 12.2 Å². The Labute approximate surface area is 291 Å². The van der Waals surface area contributed by atoms with E-state index in [1.165, 1.54) is 191 Å². The number of aromatic nitrogens is 2. The second-order valence-corrected chi connectivity index (χ2v) is 14.6. The van der Waals surface area contributed by atoms with Gasteiger partial charge in [-0.2, -0.15) is 0 Å².